The summed E-state index contributed by atoms with van der Waals surface area (Å²) in [6.07, 6.45) is 0.667. The van der Waals surface area contributed by atoms with E-state index in [1.165, 1.54) is 10.7 Å². The molecular formula is C23H29F3N4O4S. The minimum Gasteiger partial charge on any atom is -0.366 e. The van der Waals surface area contributed by atoms with E-state index < -0.39 is 39.0 Å². The number of primary amides is 1. The maximum absolute atomic E-state index is 13.5. The van der Waals surface area contributed by atoms with Crippen LogP contribution in [0.2, 0.25) is 0 Å². The van der Waals surface area contributed by atoms with E-state index in [1.807, 2.05) is 0 Å². The summed E-state index contributed by atoms with van der Waals surface area (Å²) in [5, 5.41) is 2.92. The number of hydrogen-bond acceptors (Lipinski definition) is 5. The molecule has 3 N–H and O–H groups in total. The number of nitrogens with two attached hydrogens (primary N) is 1. The van der Waals surface area contributed by atoms with Gasteiger partial charge in [-0.25, -0.2) is 12.7 Å². The molecule has 1 spiro atoms. The monoisotopic (exact) mass is 514 g/mol. The number of piperidine rings is 1. The van der Waals surface area contributed by atoms with Crippen molar-refractivity contribution in [3.8, 4) is 0 Å². The smallest absolute Gasteiger partial charge is 0.366 e. The van der Waals surface area contributed by atoms with Crippen molar-refractivity contribution >= 4 is 27.7 Å². The van der Waals surface area contributed by atoms with Crippen molar-refractivity contribution in [2.75, 3.05) is 18.8 Å². The largest absolute Gasteiger partial charge is 0.416 e. The summed E-state index contributed by atoms with van der Waals surface area (Å²) in [6, 6.07) is 2.90. The van der Waals surface area contributed by atoms with Crippen LogP contribution in [0.3, 0.4) is 0 Å². The van der Waals surface area contributed by atoms with Crippen molar-refractivity contribution in [3.05, 3.63) is 34.9 Å². The van der Waals surface area contributed by atoms with Gasteiger partial charge in [0.25, 0.3) is 5.91 Å². The lowest BCUT2D eigenvalue weighted by atomic mass is 9.88. The van der Waals surface area contributed by atoms with Crippen molar-refractivity contribution in [2.45, 2.75) is 63.1 Å². The number of alkyl halides is 3. The van der Waals surface area contributed by atoms with Crippen LogP contribution in [0.15, 0.2) is 23.2 Å². The second-order valence-corrected chi connectivity index (χ2v) is 11.6. The summed E-state index contributed by atoms with van der Waals surface area (Å²) >= 11 is 0. The average Bonchev–Trinajstić information content (AvgIpc) is 3.13. The molecule has 1 saturated heterocycles. The topological polar surface area (TPSA) is 122 Å². The molecule has 12 heteroatoms. The number of nitrogens with one attached hydrogen (secondary N) is 1. The Labute approximate surface area is 202 Å². The third-order valence-corrected chi connectivity index (χ3v) is 9.13. The number of benzene rings is 1. The Balaban J connectivity index is 1.42. The van der Waals surface area contributed by atoms with E-state index in [0.717, 1.165) is 37.8 Å². The van der Waals surface area contributed by atoms with Gasteiger partial charge in [-0.1, -0.05) is 25.3 Å². The lowest BCUT2D eigenvalue weighted by Gasteiger charge is -2.34. The number of nitrogens with zero attached hydrogens (tertiary/aromatic N) is 2. The van der Waals surface area contributed by atoms with Gasteiger partial charge in [0.05, 0.1) is 11.3 Å². The highest BCUT2D eigenvalue weighted by Crippen LogP contribution is 2.36. The Morgan fingerprint density at radius 3 is 2.43 bits per heavy atom. The first-order chi connectivity index (χ1) is 16.4. The van der Waals surface area contributed by atoms with Gasteiger partial charge in [0.2, 0.25) is 15.9 Å². The molecule has 0 bridgehead atoms. The van der Waals surface area contributed by atoms with E-state index in [9.17, 15) is 31.2 Å². The first-order valence-corrected chi connectivity index (χ1v) is 13.4. The van der Waals surface area contributed by atoms with E-state index in [2.05, 4.69) is 5.32 Å². The maximum Gasteiger partial charge on any atom is 0.416 e. The number of hydrogen-bond donors (Lipinski definition) is 2. The fraction of sp³-hybridized carbons (Fsp3) is 0.609. The summed E-state index contributed by atoms with van der Waals surface area (Å²) in [5.74, 6) is -0.772. The molecule has 8 nitrogen and oxygen atoms in total. The van der Waals surface area contributed by atoms with Crippen LogP contribution in [-0.4, -0.2) is 54.8 Å². The van der Waals surface area contributed by atoms with Crippen LogP contribution in [0.25, 0.3) is 0 Å². The van der Waals surface area contributed by atoms with Crippen LogP contribution in [-0.2, 0) is 27.4 Å². The molecule has 1 aromatic rings. The third-order valence-electron chi connectivity index (χ3n) is 7.26. The number of halogens is 3. The second-order valence-electron chi connectivity index (χ2n) is 9.52. The molecule has 2 heterocycles. The van der Waals surface area contributed by atoms with E-state index in [4.69, 9.17) is 10.7 Å². The predicted molar refractivity (Wildman–Crippen MR) is 123 cm³/mol. The van der Waals surface area contributed by atoms with Gasteiger partial charge in [-0.15, -0.1) is 0 Å². The molecule has 2 fully saturated rings. The molecule has 0 atom stereocenters. The van der Waals surface area contributed by atoms with Crippen LogP contribution in [0.4, 0.5) is 13.2 Å². The van der Waals surface area contributed by atoms with Crippen LogP contribution < -0.4 is 11.1 Å². The minimum atomic E-state index is -4.76. The van der Waals surface area contributed by atoms with Crippen LogP contribution in [0, 0.1) is 5.92 Å². The highest BCUT2D eigenvalue weighted by molar-refractivity contribution is 7.89. The first kappa shape index (κ1) is 25.6. The van der Waals surface area contributed by atoms with E-state index >= 15 is 0 Å². The number of carbonyl (C=O) groups is 2. The number of amidine groups is 1. The molecule has 2 amide bonds. The molecule has 0 unspecified atom stereocenters. The van der Waals surface area contributed by atoms with Crippen LogP contribution in [0.1, 0.15) is 66.4 Å². The molecule has 1 aliphatic carbocycles. The lowest BCUT2D eigenvalue weighted by molar-refractivity contribution is -0.138. The van der Waals surface area contributed by atoms with Crippen molar-refractivity contribution < 1.29 is 31.2 Å². The number of rotatable bonds is 6. The zero-order valence-corrected chi connectivity index (χ0v) is 20.1. The van der Waals surface area contributed by atoms with E-state index in [0.29, 0.717) is 11.9 Å². The number of aryl methyl sites for hydroxylation is 1. The maximum atomic E-state index is 13.5. The number of aliphatic imine (C=N–C) groups is 1. The van der Waals surface area contributed by atoms with Crippen molar-refractivity contribution in [1.29, 1.82) is 0 Å². The van der Waals surface area contributed by atoms with Gasteiger partial charge in [-0.3, -0.25) is 14.6 Å². The molecule has 2 aliphatic heterocycles. The Morgan fingerprint density at radius 1 is 1.17 bits per heavy atom. The van der Waals surface area contributed by atoms with E-state index in [1.54, 1.807) is 0 Å². The number of carbonyl (C=O) groups excluding carboxylic acids is 2. The summed E-state index contributed by atoms with van der Waals surface area (Å²) in [5.41, 5.74) is 2.52. The standard InChI is InChI=1S/C23H29F3N4O4S/c24-23(25,26)18-14-17(19(27)31)7-6-15(18)8-13-35(33,34)30-11-9-22(10-12-30)21(32)28-20(29-22)16-4-2-1-3-5-16/h6-7,14,16H,1-5,8-13H2,(H2,27,31)(H,28,29,32). The fourth-order valence-corrected chi connectivity index (χ4v) is 6.64. The molecule has 0 aromatic heterocycles. The van der Waals surface area contributed by atoms with Gasteiger partial charge >= 0.3 is 6.18 Å². The Kier molecular flexibility index (Phi) is 6.98. The van der Waals surface area contributed by atoms with Crippen molar-refractivity contribution in [2.24, 2.45) is 16.6 Å². The quantitative estimate of drug-likeness (QED) is 0.606. The highest BCUT2D eigenvalue weighted by Gasteiger charge is 2.48. The van der Waals surface area contributed by atoms with Gasteiger partial charge in [0.15, 0.2) is 0 Å². The molecule has 1 saturated carbocycles. The minimum absolute atomic E-state index is 0.0734. The van der Waals surface area contributed by atoms with Crippen molar-refractivity contribution in [1.82, 2.24) is 9.62 Å². The molecule has 4 rings (SSSR count). The van der Waals surface area contributed by atoms with Crippen LogP contribution >= 0.6 is 0 Å². The Morgan fingerprint density at radius 2 is 1.83 bits per heavy atom. The molecule has 192 valence electrons. The zero-order valence-electron chi connectivity index (χ0n) is 19.2. The van der Waals surface area contributed by atoms with Crippen molar-refractivity contribution in [3.63, 3.8) is 0 Å². The van der Waals surface area contributed by atoms with Gasteiger partial charge in [-0.05, 0) is 49.8 Å². The molecule has 0 radical (unpaired) electrons. The number of amides is 2. The summed E-state index contributed by atoms with van der Waals surface area (Å²) in [4.78, 5) is 28.7. The summed E-state index contributed by atoms with van der Waals surface area (Å²) in [7, 11) is -3.87. The number of sulfonamides is 1. The van der Waals surface area contributed by atoms with Gasteiger partial charge in [0, 0.05) is 24.6 Å². The third kappa shape index (κ3) is 5.37. The van der Waals surface area contributed by atoms with Gasteiger partial charge in [-0.2, -0.15) is 13.2 Å². The summed E-state index contributed by atoms with van der Waals surface area (Å²) < 4.78 is 67.5. The molecule has 1 aromatic carbocycles. The second kappa shape index (κ2) is 9.53. The fourth-order valence-electron chi connectivity index (χ4n) is 5.16. The predicted octanol–water partition coefficient (Wildman–Crippen LogP) is 2.62. The first-order valence-electron chi connectivity index (χ1n) is 11.8. The lowest BCUT2D eigenvalue weighted by Crippen LogP contribution is -2.51. The SMILES string of the molecule is NC(=O)c1ccc(CCS(=O)(=O)N2CCC3(CC2)N=C(C2CCCCC2)NC3=O)c(C(F)(F)F)c1. The average molecular weight is 515 g/mol. The Bertz CT molecular complexity index is 1140. The van der Waals surface area contributed by atoms with Gasteiger partial charge in [0.1, 0.15) is 11.4 Å². The van der Waals surface area contributed by atoms with Crippen LogP contribution in [0.5, 0.6) is 0 Å². The molecule has 3 aliphatic rings. The zero-order chi connectivity index (χ0) is 25.4. The molecule has 35 heavy (non-hydrogen) atoms. The highest BCUT2D eigenvalue weighted by atomic mass is 32.2. The molecular weight excluding hydrogens is 485 g/mol. The normalized spacial score (nSPS) is 21.7. The summed E-state index contributed by atoms with van der Waals surface area (Å²) in [6.45, 7) is 0.147. The van der Waals surface area contributed by atoms with E-state index in [-0.39, 0.29) is 55.3 Å². The van der Waals surface area contributed by atoms with Gasteiger partial charge < -0.3 is 11.1 Å². The Hall–Kier alpha value is -2.47.